The van der Waals surface area contributed by atoms with Gasteiger partial charge >= 0.3 is 0 Å². The molecule has 0 spiro atoms. The highest BCUT2D eigenvalue weighted by atomic mass is 32.2. The van der Waals surface area contributed by atoms with Crippen molar-refractivity contribution in [3.05, 3.63) is 10.6 Å². The molecule has 2 aliphatic heterocycles. The van der Waals surface area contributed by atoms with E-state index >= 15 is 0 Å². The van der Waals surface area contributed by atoms with Gasteiger partial charge in [-0.25, -0.2) is 0 Å². The summed E-state index contributed by atoms with van der Waals surface area (Å²) in [6, 6.07) is 0.637. The second-order valence-electron chi connectivity index (χ2n) is 3.90. The summed E-state index contributed by atoms with van der Waals surface area (Å²) in [5, 5.41) is 3.32. The average molecular weight is 199 g/mol. The van der Waals surface area contributed by atoms with Gasteiger partial charge < -0.3 is 11.1 Å². The molecule has 0 aliphatic carbocycles. The predicted octanol–water partition coefficient (Wildman–Crippen LogP) is 0.891. The Labute approximate surface area is 83.7 Å². The molecule has 0 aromatic carbocycles. The van der Waals surface area contributed by atoms with Crippen molar-refractivity contribution in [2.24, 2.45) is 5.73 Å². The lowest BCUT2D eigenvalue weighted by molar-refractivity contribution is 0.230. The van der Waals surface area contributed by atoms with Gasteiger partial charge in [0.15, 0.2) is 0 Å². The van der Waals surface area contributed by atoms with Crippen LogP contribution in [-0.4, -0.2) is 29.5 Å². The third-order valence-electron chi connectivity index (χ3n) is 2.64. The van der Waals surface area contributed by atoms with Crippen LogP contribution in [-0.2, 0) is 0 Å². The molecule has 0 radical (unpaired) electrons. The van der Waals surface area contributed by atoms with Gasteiger partial charge in [-0.3, -0.25) is 4.90 Å². The lowest BCUT2D eigenvalue weighted by Crippen LogP contribution is -2.40. The lowest BCUT2D eigenvalue weighted by atomic mass is 10.1. The minimum absolute atomic E-state index is 0.0945. The highest BCUT2D eigenvalue weighted by molar-refractivity contribution is 8.03. The van der Waals surface area contributed by atoms with E-state index in [0.717, 1.165) is 6.54 Å². The van der Waals surface area contributed by atoms with E-state index in [2.05, 4.69) is 24.1 Å². The molecule has 0 saturated carbocycles. The summed E-state index contributed by atoms with van der Waals surface area (Å²) in [5.74, 6) is 0. The Morgan fingerprint density at radius 2 is 2.38 bits per heavy atom. The Hall–Kier alpha value is -0.190. The third kappa shape index (κ3) is 1.85. The van der Waals surface area contributed by atoms with Gasteiger partial charge in [0.25, 0.3) is 0 Å². The maximum absolute atomic E-state index is 5.81. The molecule has 0 aromatic rings. The van der Waals surface area contributed by atoms with Gasteiger partial charge in [0.05, 0.1) is 0 Å². The van der Waals surface area contributed by atoms with Crippen LogP contribution in [0.25, 0.3) is 0 Å². The van der Waals surface area contributed by atoms with Gasteiger partial charge in [0, 0.05) is 29.7 Å². The fourth-order valence-electron chi connectivity index (χ4n) is 1.82. The van der Waals surface area contributed by atoms with Crippen molar-refractivity contribution >= 4 is 11.8 Å². The molecular formula is C9H17N3S. The molecule has 0 aromatic heterocycles. The monoisotopic (exact) mass is 199 g/mol. The van der Waals surface area contributed by atoms with Gasteiger partial charge in [-0.1, -0.05) is 11.8 Å². The molecular weight excluding hydrogens is 182 g/mol. The molecule has 3 N–H and O–H groups in total. The summed E-state index contributed by atoms with van der Waals surface area (Å²) in [4.78, 5) is 3.95. The van der Waals surface area contributed by atoms with Crippen molar-refractivity contribution in [1.29, 1.82) is 0 Å². The van der Waals surface area contributed by atoms with Crippen LogP contribution in [0.4, 0.5) is 0 Å². The molecule has 2 rings (SSSR count). The molecule has 13 heavy (non-hydrogen) atoms. The van der Waals surface area contributed by atoms with Gasteiger partial charge in [-0.2, -0.15) is 0 Å². The van der Waals surface area contributed by atoms with Gasteiger partial charge in [0.1, 0.15) is 5.50 Å². The van der Waals surface area contributed by atoms with E-state index in [4.69, 9.17) is 5.73 Å². The molecule has 1 atom stereocenters. The highest BCUT2D eigenvalue weighted by Crippen LogP contribution is 2.33. The average Bonchev–Trinajstić information content (AvgIpc) is 2.42. The first-order valence-corrected chi connectivity index (χ1v) is 5.69. The highest BCUT2D eigenvalue weighted by Gasteiger charge is 2.27. The molecule has 2 aliphatic rings. The summed E-state index contributed by atoms with van der Waals surface area (Å²) in [6.45, 7) is 6.72. The van der Waals surface area contributed by atoms with E-state index in [9.17, 15) is 0 Å². The largest absolute Gasteiger partial charge is 0.363 e. The molecule has 4 heteroatoms. The Morgan fingerprint density at radius 1 is 1.62 bits per heavy atom. The van der Waals surface area contributed by atoms with Crippen molar-refractivity contribution in [1.82, 2.24) is 10.2 Å². The summed E-state index contributed by atoms with van der Waals surface area (Å²) in [5.41, 5.74) is 7.26. The zero-order valence-electron chi connectivity index (χ0n) is 8.21. The Bertz CT molecular complexity index is 237. The molecule has 0 fully saturated rings. The minimum atomic E-state index is 0.0945. The van der Waals surface area contributed by atoms with E-state index in [0.29, 0.717) is 6.04 Å². The van der Waals surface area contributed by atoms with Gasteiger partial charge in [-0.15, -0.1) is 0 Å². The van der Waals surface area contributed by atoms with Crippen molar-refractivity contribution in [3.63, 3.8) is 0 Å². The first kappa shape index (κ1) is 9.37. The molecule has 1 unspecified atom stereocenters. The second-order valence-corrected chi connectivity index (χ2v) is 5.14. The van der Waals surface area contributed by atoms with E-state index < -0.39 is 0 Å². The number of nitrogens with two attached hydrogens (primary N) is 1. The Kier molecular flexibility index (Phi) is 2.53. The summed E-state index contributed by atoms with van der Waals surface area (Å²) >= 11 is 1.78. The van der Waals surface area contributed by atoms with Gasteiger partial charge in [-0.05, 0) is 20.3 Å². The smallest absolute Gasteiger partial charge is 0.127 e. The van der Waals surface area contributed by atoms with Crippen molar-refractivity contribution in [2.75, 3.05) is 13.1 Å². The SMILES string of the molecule is CC(C)N1CCC2=C(C1)NC(N)S2. The number of thioether (sulfide) groups is 1. The normalized spacial score (nSPS) is 29.4. The Morgan fingerprint density at radius 3 is 3.08 bits per heavy atom. The summed E-state index contributed by atoms with van der Waals surface area (Å²) < 4.78 is 0. The van der Waals surface area contributed by atoms with Crippen LogP contribution < -0.4 is 11.1 Å². The zero-order chi connectivity index (χ0) is 9.42. The molecule has 0 saturated heterocycles. The number of rotatable bonds is 1. The van der Waals surface area contributed by atoms with Crippen LogP contribution in [0.1, 0.15) is 20.3 Å². The van der Waals surface area contributed by atoms with Gasteiger partial charge in [0.2, 0.25) is 0 Å². The second kappa shape index (κ2) is 3.52. The zero-order valence-corrected chi connectivity index (χ0v) is 9.03. The van der Waals surface area contributed by atoms with Crippen molar-refractivity contribution in [3.8, 4) is 0 Å². The molecule has 3 nitrogen and oxygen atoms in total. The number of nitrogens with zero attached hydrogens (tertiary/aromatic N) is 1. The summed E-state index contributed by atoms with van der Waals surface area (Å²) in [7, 11) is 0. The van der Waals surface area contributed by atoms with Crippen molar-refractivity contribution in [2.45, 2.75) is 31.8 Å². The third-order valence-corrected chi connectivity index (χ3v) is 3.75. The van der Waals surface area contributed by atoms with E-state index in [-0.39, 0.29) is 5.50 Å². The van der Waals surface area contributed by atoms with Crippen molar-refractivity contribution < 1.29 is 0 Å². The number of hydrogen-bond donors (Lipinski definition) is 2. The predicted molar refractivity (Wildman–Crippen MR) is 57.1 cm³/mol. The first-order valence-electron chi connectivity index (χ1n) is 4.81. The van der Waals surface area contributed by atoms with E-state index in [1.165, 1.54) is 23.6 Å². The van der Waals surface area contributed by atoms with Crippen LogP contribution in [0.2, 0.25) is 0 Å². The summed E-state index contributed by atoms with van der Waals surface area (Å²) in [6.07, 6.45) is 1.17. The minimum Gasteiger partial charge on any atom is -0.363 e. The maximum atomic E-state index is 5.81. The topological polar surface area (TPSA) is 41.3 Å². The molecule has 0 amide bonds. The van der Waals surface area contributed by atoms with E-state index in [1.807, 2.05) is 0 Å². The first-order chi connectivity index (χ1) is 6.16. The lowest BCUT2D eigenvalue weighted by Gasteiger charge is -2.30. The standard InChI is InChI=1S/C9H17N3S/c1-6(2)12-4-3-8-7(5-12)11-9(10)13-8/h6,9,11H,3-5,10H2,1-2H3. The number of hydrogen-bond acceptors (Lipinski definition) is 4. The maximum Gasteiger partial charge on any atom is 0.127 e. The Balaban J connectivity index is 2.03. The quantitative estimate of drug-likeness (QED) is 0.658. The van der Waals surface area contributed by atoms with Crippen LogP contribution in [0, 0.1) is 0 Å². The molecule has 2 heterocycles. The van der Waals surface area contributed by atoms with E-state index in [1.54, 1.807) is 11.8 Å². The van der Waals surface area contributed by atoms with Crippen LogP contribution in [0.15, 0.2) is 10.6 Å². The van der Waals surface area contributed by atoms with Crippen LogP contribution >= 0.6 is 11.8 Å². The fraction of sp³-hybridized carbons (Fsp3) is 0.778. The fourth-order valence-corrected chi connectivity index (χ4v) is 2.80. The molecule has 74 valence electrons. The van der Waals surface area contributed by atoms with Crippen LogP contribution in [0.5, 0.6) is 0 Å². The van der Waals surface area contributed by atoms with Crippen LogP contribution in [0.3, 0.4) is 0 Å². The number of nitrogens with one attached hydrogen (secondary N) is 1. The molecule has 0 bridgehead atoms.